The average molecular weight is 269 g/mol. The second-order valence-electron chi connectivity index (χ2n) is 4.91. The minimum absolute atomic E-state index is 0.154. The van der Waals surface area contributed by atoms with Gasteiger partial charge in [-0.25, -0.2) is 4.98 Å². The predicted octanol–water partition coefficient (Wildman–Crippen LogP) is 2.21. The summed E-state index contributed by atoms with van der Waals surface area (Å²) in [7, 11) is 2.13. The molecule has 4 nitrogen and oxygen atoms in total. The molecule has 2 heterocycles. The normalized spacial score (nSPS) is 23.2. The minimum Gasteiger partial charge on any atom is -0.368 e. The molecule has 0 saturated carbocycles. The van der Waals surface area contributed by atoms with Gasteiger partial charge in [-0.2, -0.15) is 0 Å². The summed E-state index contributed by atoms with van der Waals surface area (Å²) in [6, 6.07) is 0.330. The molecule has 18 heavy (non-hydrogen) atoms. The van der Waals surface area contributed by atoms with Gasteiger partial charge in [-0.1, -0.05) is 6.92 Å². The van der Waals surface area contributed by atoms with E-state index in [0.29, 0.717) is 6.04 Å². The summed E-state index contributed by atoms with van der Waals surface area (Å²) in [4.78, 5) is 7.03. The molecule has 2 unspecified atom stereocenters. The van der Waals surface area contributed by atoms with E-state index in [4.69, 9.17) is 9.72 Å². The van der Waals surface area contributed by atoms with Crippen LogP contribution in [0.1, 0.15) is 43.1 Å². The second kappa shape index (κ2) is 6.61. The summed E-state index contributed by atoms with van der Waals surface area (Å²) in [5.41, 5.74) is 1.14. The van der Waals surface area contributed by atoms with Crippen LogP contribution in [0.15, 0.2) is 5.38 Å². The molecular weight excluding hydrogens is 246 g/mol. The fourth-order valence-electron chi connectivity index (χ4n) is 2.04. The Labute approximate surface area is 113 Å². The summed E-state index contributed by atoms with van der Waals surface area (Å²) in [5, 5.41) is 6.73. The van der Waals surface area contributed by atoms with Crippen molar-refractivity contribution >= 4 is 11.3 Å². The Hall–Kier alpha value is -0.490. The monoisotopic (exact) mass is 269 g/mol. The van der Waals surface area contributed by atoms with E-state index in [2.05, 4.69) is 36.5 Å². The summed E-state index contributed by atoms with van der Waals surface area (Å²) in [6.45, 7) is 8.16. The first-order valence-corrected chi connectivity index (χ1v) is 7.57. The van der Waals surface area contributed by atoms with E-state index in [1.54, 1.807) is 11.3 Å². The van der Waals surface area contributed by atoms with Crippen LogP contribution in [0, 0.1) is 0 Å². The number of hydrogen-bond donors (Lipinski definition) is 1. The molecular formula is C13H23N3OS. The van der Waals surface area contributed by atoms with Gasteiger partial charge in [0.2, 0.25) is 0 Å². The average Bonchev–Trinajstić information content (AvgIpc) is 2.85. The molecule has 0 aromatic carbocycles. The fourth-order valence-corrected chi connectivity index (χ4v) is 2.99. The number of nitrogens with zero attached hydrogens (tertiary/aromatic N) is 2. The molecule has 1 saturated heterocycles. The van der Waals surface area contributed by atoms with Crippen LogP contribution in [0.2, 0.25) is 0 Å². The molecule has 0 bridgehead atoms. The SMILES string of the molecule is CCCNC(C)c1csc(C2CN(C)CCO2)n1. The Morgan fingerprint density at radius 3 is 3.22 bits per heavy atom. The summed E-state index contributed by atoms with van der Waals surface area (Å²) in [5.74, 6) is 0. The van der Waals surface area contributed by atoms with Gasteiger partial charge in [0.1, 0.15) is 11.1 Å². The highest BCUT2D eigenvalue weighted by Crippen LogP contribution is 2.26. The molecule has 2 atom stereocenters. The third kappa shape index (κ3) is 3.51. The van der Waals surface area contributed by atoms with Crippen molar-refractivity contribution < 1.29 is 4.74 Å². The zero-order chi connectivity index (χ0) is 13.0. The molecule has 102 valence electrons. The molecule has 1 N–H and O–H groups in total. The highest BCUT2D eigenvalue weighted by molar-refractivity contribution is 7.09. The van der Waals surface area contributed by atoms with E-state index in [0.717, 1.165) is 43.4 Å². The maximum atomic E-state index is 5.79. The van der Waals surface area contributed by atoms with Crippen LogP contribution in [0.3, 0.4) is 0 Å². The van der Waals surface area contributed by atoms with E-state index >= 15 is 0 Å². The number of aromatic nitrogens is 1. The zero-order valence-electron chi connectivity index (χ0n) is 11.5. The lowest BCUT2D eigenvalue weighted by atomic mass is 10.2. The van der Waals surface area contributed by atoms with Gasteiger partial charge in [0.05, 0.1) is 12.3 Å². The molecule has 1 aliphatic heterocycles. The van der Waals surface area contributed by atoms with Crippen LogP contribution >= 0.6 is 11.3 Å². The van der Waals surface area contributed by atoms with Crippen LogP contribution in [0.25, 0.3) is 0 Å². The van der Waals surface area contributed by atoms with Gasteiger partial charge in [-0.05, 0) is 26.9 Å². The predicted molar refractivity (Wildman–Crippen MR) is 75.0 cm³/mol. The van der Waals surface area contributed by atoms with Crippen molar-refractivity contribution in [2.24, 2.45) is 0 Å². The van der Waals surface area contributed by atoms with Gasteiger partial charge in [0.15, 0.2) is 0 Å². The van der Waals surface area contributed by atoms with Crippen molar-refractivity contribution in [1.29, 1.82) is 0 Å². The maximum Gasteiger partial charge on any atom is 0.123 e. The van der Waals surface area contributed by atoms with Crippen LogP contribution in [0.4, 0.5) is 0 Å². The van der Waals surface area contributed by atoms with Gasteiger partial charge >= 0.3 is 0 Å². The third-order valence-electron chi connectivity index (χ3n) is 3.23. The van der Waals surface area contributed by atoms with Gasteiger partial charge < -0.3 is 15.0 Å². The van der Waals surface area contributed by atoms with Crippen LogP contribution < -0.4 is 5.32 Å². The quantitative estimate of drug-likeness (QED) is 0.889. The van der Waals surface area contributed by atoms with Crippen LogP contribution in [-0.4, -0.2) is 43.2 Å². The minimum atomic E-state index is 0.154. The fraction of sp³-hybridized carbons (Fsp3) is 0.769. The first-order valence-electron chi connectivity index (χ1n) is 6.69. The van der Waals surface area contributed by atoms with Crippen molar-refractivity contribution in [3.8, 4) is 0 Å². The van der Waals surface area contributed by atoms with E-state index in [-0.39, 0.29) is 6.10 Å². The van der Waals surface area contributed by atoms with Gasteiger partial charge in [0, 0.05) is 24.5 Å². The van der Waals surface area contributed by atoms with Gasteiger partial charge in [-0.15, -0.1) is 11.3 Å². The van der Waals surface area contributed by atoms with E-state index in [1.165, 1.54) is 0 Å². The van der Waals surface area contributed by atoms with Crippen molar-refractivity contribution in [3.05, 3.63) is 16.1 Å². The molecule has 1 aromatic heterocycles. The summed E-state index contributed by atoms with van der Waals surface area (Å²) in [6.07, 6.45) is 1.30. The number of rotatable bonds is 5. The number of thiazole rings is 1. The first kappa shape index (κ1) is 13.9. The molecule has 0 spiro atoms. The lowest BCUT2D eigenvalue weighted by molar-refractivity contribution is -0.0210. The largest absolute Gasteiger partial charge is 0.368 e. The van der Waals surface area contributed by atoms with Crippen LogP contribution in [0.5, 0.6) is 0 Å². The number of ether oxygens (including phenoxy) is 1. The summed E-state index contributed by atoms with van der Waals surface area (Å²) >= 11 is 1.72. The molecule has 0 aliphatic carbocycles. The Bertz CT molecular complexity index is 369. The van der Waals surface area contributed by atoms with Gasteiger partial charge in [0.25, 0.3) is 0 Å². The Morgan fingerprint density at radius 1 is 1.67 bits per heavy atom. The molecule has 2 rings (SSSR count). The van der Waals surface area contributed by atoms with Crippen molar-refractivity contribution in [2.45, 2.75) is 32.4 Å². The first-order chi connectivity index (χ1) is 8.70. The van der Waals surface area contributed by atoms with E-state index < -0.39 is 0 Å². The lowest BCUT2D eigenvalue weighted by Gasteiger charge is -2.28. The Morgan fingerprint density at radius 2 is 2.50 bits per heavy atom. The van der Waals surface area contributed by atoms with Gasteiger partial charge in [-0.3, -0.25) is 0 Å². The summed E-state index contributed by atoms with van der Waals surface area (Å²) < 4.78 is 5.79. The molecule has 5 heteroatoms. The molecule has 1 aromatic rings. The highest BCUT2D eigenvalue weighted by atomic mass is 32.1. The highest BCUT2D eigenvalue weighted by Gasteiger charge is 2.23. The molecule has 0 amide bonds. The van der Waals surface area contributed by atoms with Crippen LogP contribution in [-0.2, 0) is 4.74 Å². The molecule has 1 aliphatic rings. The number of morpholine rings is 1. The second-order valence-corrected chi connectivity index (χ2v) is 5.80. The zero-order valence-corrected chi connectivity index (χ0v) is 12.3. The number of likely N-dealkylation sites (N-methyl/N-ethyl adjacent to an activating group) is 1. The lowest BCUT2D eigenvalue weighted by Crippen LogP contribution is -2.35. The third-order valence-corrected chi connectivity index (χ3v) is 4.18. The van der Waals surface area contributed by atoms with Crippen molar-refractivity contribution in [3.63, 3.8) is 0 Å². The number of nitrogens with one attached hydrogen (secondary N) is 1. The smallest absolute Gasteiger partial charge is 0.123 e. The Balaban J connectivity index is 1.96. The number of hydrogen-bond acceptors (Lipinski definition) is 5. The van der Waals surface area contributed by atoms with E-state index in [9.17, 15) is 0 Å². The van der Waals surface area contributed by atoms with E-state index in [1.807, 2.05) is 0 Å². The Kier molecular flexibility index (Phi) is 5.12. The topological polar surface area (TPSA) is 37.4 Å². The molecule has 1 fully saturated rings. The standard InChI is InChI=1S/C13H23N3OS/c1-4-5-14-10(2)11-9-18-13(15-11)12-8-16(3)6-7-17-12/h9-10,12,14H,4-8H2,1-3H3. The maximum absolute atomic E-state index is 5.79. The molecule has 0 radical (unpaired) electrons. The van der Waals surface area contributed by atoms with Crippen molar-refractivity contribution in [1.82, 2.24) is 15.2 Å². The van der Waals surface area contributed by atoms with Crippen molar-refractivity contribution in [2.75, 3.05) is 33.3 Å².